The van der Waals surface area contributed by atoms with Gasteiger partial charge < -0.3 is 16.8 Å². The average molecular weight is 358 g/mol. The number of ketones is 2. The Morgan fingerprint density at radius 3 is 1.64 bits per heavy atom. The van der Waals surface area contributed by atoms with Gasteiger partial charge in [0.15, 0.2) is 0 Å². The van der Waals surface area contributed by atoms with Crippen LogP contribution in [0.15, 0.2) is 0 Å². The topological polar surface area (TPSA) is 115 Å². The third kappa shape index (κ3) is 17.2. The summed E-state index contributed by atoms with van der Waals surface area (Å²) in [5.41, 5.74) is 10.2. The summed E-state index contributed by atoms with van der Waals surface area (Å²) in [5, 5.41) is 2.52. The van der Waals surface area contributed by atoms with Gasteiger partial charge in [-0.15, -0.1) is 0 Å². The average Bonchev–Trinajstić information content (AvgIpc) is 2.60. The third-order valence-electron chi connectivity index (χ3n) is 4.25. The first-order valence-corrected chi connectivity index (χ1v) is 9.58. The number of amides is 2. The summed E-state index contributed by atoms with van der Waals surface area (Å²) in [4.78, 5) is 32.6. The van der Waals surface area contributed by atoms with E-state index >= 15 is 0 Å². The maximum atomic E-state index is 11.2. The van der Waals surface area contributed by atoms with Crippen molar-refractivity contribution in [3.8, 4) is 0 Å². The molecule has 25 heavy (non-hydrogen) atoms. The van der Waals surface area contributed by atoms with Gasteiger partial charge in [-0.3, -0.25) is 9.59 Å². The number of carbonyl (C=O) groups excluding carboxylic acids is 3. The van der Waals surface area contributed by atoms with Crippen molar-refractivity contribution in [3.63, 3.8) is 0 Å². The number of rotatable bonds is 13. The molecular formula is C19H39N3O3. The van der Waals surface area contributed by atoms with E-state index in [9.17, 15) is 14.4 Å². The molecule has 6 nitrogen and oxygen atoms in total. The van der Waals surface area contributed by atoms with Gasteiger partial charge in [-0.1, -0.05) is 40.5 Å². The molecule has 0 aliphatic rings. The van der Waals surface area contributed by atoms with Gasteiger partial charge in [0.05, 0.1) is 0 Å². The Hall–Kier alpha value is -1.43. The second-order valence-electron chi connectivity index (χ2n) is 6.51. The van der Waals surface area contributed by atoms with Crippen LogP contribution in [0.3, 0.4) is 0 Å². The molecule has 0 saturated heterocycles. The van der Waals surface area contributed by atoms with E-state index in [0.29, 0.717) is 31.0 Å². The molecule has 0 aliphatic carbocycles. The number of hydrogen-bond acceptors (Lipinski definition) is 4. The first kappa shape index (κ1) is 25.8. The van der Waals surface area contributed by atoms with Crippen LogP contribution in [0, 0.1) is 11.8 Å². The minimum absolute atomic E-state index is 0.147. The molecule has 0 saturated carbocycles. The predicted octanol–water partition coefficient (Wildman–Crippen LogP) is 3.17. The van der Waals surface area contributed by atoms with E-state index in [0.717, 1.165) is 45.1 Å². The van der Waals surface area contributed by atoms with E-state index in [1.807, 2.05) is 27.7 Å². The maximum absolute atomic E-state index is 11.2. The van der Waals surface area contributed by atoms with Crippen molar-refractivity contribution in [3.05, 3.63) is 0 Å². The van der Waals surface area contributed by atoms with Gasteiger partial charge in [0, 0.05) is 31.2 Å². The summed E-state index contributed by atoms with van der Waals surface area (Å²) < 4.78 is 0. The Morgan fingerprint density at radius 1 is 0.840 bits per heavy atom. The van der Waals surface area contributed by atoms with E-state index < -0.39 is 6.03 Å². The maximum Gasteiger partial charge on any atom is 0.312 e. The molecule has 6 heteroatoms. The zero-order valence-corrected chi connectivity index (χ0v) is 16.6. The Balaban J connectivity index is 0. The van der Waals surface area contributed by atoms with Crippen molar-refractivity contribution in [2.24, 2.45) is 23.3 Å². The highest BCUT2D eigenvalue weighted by atomic mass is 16.2. The van der Waals surface area contributed by atoms with Crippen LogP contribution >= 0.6 is 0 Å². The lowest BCUT2D eigenvalue weighted by Crippen LogP contribution is -2.30. The van der Waals surface area contributed by atoms with Crippen LogP contribution in [0.5, 0.6) is 0 Å². The first-order chi connectivity index (χ1) is 11.8. The number of carbonyl (C=O) groups is 3. The Morgan fingerprint density at radius 2 is 1.28 bits per heavy atom. The second kappa shape index (κ2) is 17.4. The highest BCUT2D eigenvalue weighted by Gasteiger charge is 2.09. The molecule has 0 aliphatic heterocycles. The molecule has 0 unspecified atom stereocenters. The fourth-order valence-electron chi connectivity index (χ4n) is 2.40. The molecular weight excluding hydrogens is 318 g/mol. The van der Waals surface area contributed by atoms with Gasteiger partial charge in [-0.2, -0.15) is 0 Å². The highest BCUT2D eigenvalue weighted by molar-refractivity contribution is 5.80. The van der Waals surface area contributed by atoms with E-state index in [1.165, 1.54) is 0 Å². The normalized spacial score (nSPS) is 12.5. The standard InChI is InChI=1S/C10H20N2O2.C9H19NO/c1-3-9(13)8(2)6-4-5-7-12-10(11)14;1-3-9(11)8(2)6-4-5-7-10/h8H,3-7H2,1-2H3,(H3,11,12,14);8H,3-7,10H2,1-2H3/t2*8-/m00/s1. The predicted molar refractivity (Wildman–Crippen MR) is 103 cm³/mol. The van der Waals surface area contributed by atoms with Crippen molar-refractivity contribution in [2.45, 2.75) is 79.1 Å². The van der Waals surface area contributed by atoms with Gasteiger partial charge in [-0.05, 0) is 32.2 Å². The fourth-order valence-corrected chi connectivity index (χ4v) is 2.40. The number of nitrogens with two attached hydrogens (primary N) is 2. The summed E-state index contributed by atoms with van der Waals surface area (Å²) in [7, 11) is 0. The van der Waals surface area contributed by atoms with Crippen LogP contribution in [0.1, 0.15) is 79.1 Å². The second-order valence-corrected chi connectivity index (χ2v) is 6.51. The number of hydrogen-bond donors (Lipinski definition) is 3. The van der Waals surface area contributed by atoms with Crippen LogP contribution in [0.2, 0.25) is 0 Å². The SMILES string of the molecule is CCC(=O)[C@@H](C)CCCCN.CCC(=O)[C@@H](C)CCCCNC(N)=O. The van der Waals surface area contributed by atoms with Gasteiger partial charge in [0.1, 0.15) is 11.6 Å². The van der Waals surface area contributed by atoms with Gasteiger partial charge >= 0.3 is 6.03 Å². The summed E-state index contributed by atoms with van der Waals surface area (Å²) in [6, 6.07) is -0.484. The number of unbranched alkanes of at least 4 members (excludes halogenated alkanes) is 2. The Bertz CT molecular complexity index is 373. The van der Waals surface area contributed by atoms with E-state index in [2.05, 4.69) is 5.32 Å². The van der Waals surface area contributed by atoms with Crippen LogP contribution in [-0.2, 0) is 9.59 Å². The molecule has 2 amide bonds. The van der Waals surface area contributed by atoms with Crippen LogP contribution in [0.25, 0.3) is 0 Å². The molecule has 0 spiro atoms. The van der Waals surface area contributed by atoms with Crippen LogP contribution in [0.4, 0.5) is 4.79 Å². The Kier molecular flexibility index (Phi) is 18.0. The van der Waals surface area contributed by atoms with Crippen molar-refractivity contribution in [1.29, 1.82) is 0 Å². The molecule has 0 heterocycles. The van der Waals surface area contributed by atoms with E-state index in [1.54, 1.807) is 0 Å². The lowest BCUT2D eigenvalue weighted by molar-refractivity contribution is -0.123. The van der Waals surface area contributed by atoms with E-state index in [-0.39, 0.29) is 11.8 Å². The monoisotopic (exact) mass is 357 g/mol. The smallest absolute Gasteiger partial charge is 0.312 e. The third-order valence-corrected chi connectivity index (χ3v) is 4.25. The summed E-state index contributed by atoms with van der Waals surface area (Å²) in [6.07, 6.45) is 7.14. The molecule has 0 fully saturated rings. The van der Waals surface area contributed by atoms with Crippen molar-refractivity contribution in [1.82, 2.24) is 5.32 Å². The number of Topliss-reactive ketones (excluding diaryl/α,β-unsaturated/α-hetero) is 2. The number of urea groups is 1. The molecule has 2 atom stereocenters. The Labute approximate surface area is 153 Å². The summed E-state index contributed by atoms with van der Waals surface area (Å²) in [6.45, 7) is 9.10. The van der Waals surface area contributed by atoms with Crippen molar-refractivity contribution >= 4 is 17.6 Å². The molecule has 0 aromatic heterocycles. The minimum atomic E-state index is -0.484. The van der Waals surface area contributed by atoms with E-state index in [4.69, 9.17) is 11.5 Å². The molecule has 5 N–H and O–H groups in total. The zero-order chi connectivity index (χ0) is 19.7. The molecule has 0 bridgehead atoms. The molecule has 148 valence electrons. The van der Waals surface area contributed by atoms with Crippen LogP contribution in [-0.4, -0.2) is 30.7 Å². The molecule has 0 aromatic rings. The highest BCUT2D eigenvalue weighted by Crippen LogP contribution is 2.10. The zero-order valence-electron chi connectivity index (χ0n) is 16.6. The molecule has 0 rings (SSSR count). The van der Waals surface area contributed by atoms with Gasteiger partial charge in [-0.25, -0.2) is 4.79 Å². The minimum Gasteiger partial charge on any atom is -0.352 e. The lowest BCUT2D eigenvalue weighted by Gasteiger charge is -2.08. The quantitative estimate of drug-likeness (QED) is 0.439. The molecule has 0 radical (unpaired) electrons. The van der Waals surface area contributed by atoms with Crippen molar-refractivity contribution in [2.75, 3.05) is 13.1 Å². The van der Waals surface area contributed by atoms with Crippen LogP contribution < -0.4 is 16.8 Å². The first-order valence-electron chi connectivity index (χ1n) is 9.58. The summed E-state index contributed by atoms with van der Waals surface area (Å²) >= 11 is 0. The number of primary amides is 1. The molecule has 0 aromatic carbocycles. The fraction of sp³-hybridized carbons (Fsp3) is 0.842. The van der Waals surface area contributed by atoms with Gasteiger partial charge in [0.2, 0.25) is 0 Å². The van der Waals surface area contributed by atoms with Crippen molar-refractivity contribution < 1.29 is 14.4 Å². The largest absolute Gasteiger partial charge is 0.352 e. The van der Waals surface area contributed by atoms with Gasteiger partial charge in [0.25, 0.3) is 0 Å². The summed E-state index contributed by atoms with van der Waals surface area (Å²) in [5.74, 6) is 1.08. The number of nitrogens with one attached hydrogen (secondary N) is 1. The lowest BCUT2D eigenvalue weighted by atomic mass is 9.98.